The quantitative estimate of drug-likeness (QED) is 0.199. The van der Waals surface area contributed by atoms with Gasteiger partial charge in [0, 0.05) is 42.9 Å². The first-order valence-electron chi connectivity index (χ1n) is 13.8. The van der Waals surface area contributed by atoms with Gasteiger partial charge in [0.05, 0.1) is 11.0 Å². The van der Waals surface area contributed by atoms with Crippen LogP contribution < -0.4 is 21.3 Å². The summed E-state index contributed by atoms with van der Waals surface area (Å²) in [6.07, 6.45) is 0. The van der Waals surface area contributed by atoms with E-state index in [-0.39, 0.29) is 6.71 Å². The number of para-hydroxylation sites is 3. The Hall–Kier alpha value is -4.80. The van der Waals surface area contributed by atoms with E-state index in [1.54, 1.807) is 0 Å². The van der Waals surface area contributed by atoms with Gasteiger partial charge in [0.15, 0.2) is 0 Å². The molecule has 0 amide bonds. The highest BCUT2D eigenvalue weighted by molar-refractivity contribution is 7.26. The Kier molecular flexibility index (Phi) is 3.92. The van der Waals surface area contributed by atoms with E-state index in [4.69, 9.17) is 0 Å². The molecule has 0 aliphatic carbocycles. The van der Waals surface area contributed by atoms with Crippen LogP contribution in [0.25, 0.3) is 47.7 Å². The van der Waals surface area contributed by atoms with E-state index in [0.717, 1.165) is 0 Å². The lowest BCUT2D eigenvalue weighted by Crippen LogP contribution is -2.60. The minimum Gasteiger partial charge on any atom is -0.311 e. The van der Waals surface area contributed by atoms with Crippen molar-refractivity contribution in [3.63, 3.8) is 0 Å². The molecule has 2 aliphatic rings. The maximum atomic E-state index is 2.55. The summed E-state index contributed by atoms with van der Waals surface area (Å²) in [6.45, 7) is 0.142. The molecule has 0 spiro atoms. The third-order valence-electron chi connectivity index (χ3n) is 8.96. The summed E-state index contributed by atoms with van der Waals surface area (Å²) in [7, 11) is 0. The molecule has 0 radical (unpaired) electrons. The van der Waals surface area contributed by atoms with E-state index < -0.39 is 0 Å². The van der Waals surface area contributed by atoms with E-state index in [1.807, 2.05) is 11.3 Å². The molecule has 2 aromatic heterocycles. The van der Waals surface area contributed by atoms with Crippen LogP contribution >= 0.6 is 11.3 Å². The third-order valence-corrected chi connectivity index (χ3v) is 10.1. The maximum absolute atomic E-state index is 2.55. The predicted octanol–water partition coefficient (Wildman–Crippen LogP) is 7.76. The monoisotopic (exact) mass is 524 g/mol. The Morgan fingerprint density at radius 1 is 0.525 bits per heavy atom. The average Bonchev–Trinajstić information content (AvgIpc) is 3.55. The van der Waals surface area contributed by atoms with Crippen molar-refractivity contribution >= 4 is 93.5 Å². The van der Waals surface area contributed by atoms with Crippen LogP contribution in [0.4, 0.5) is 17.1 Å². The van der Waals surface area contributed by atoms with E-state index in [9.17, 15) is 0 Å². The van der Waals surface area contributed by atoms with Crippen LogP contribution in [-0.2, 0) is 0 Å². The molecule has 4 heterocycles. The van der Waals surface area contributed by atoms with Crippen LogP contribution in [-0.4, -0.2) is 11.3 Å². The highest BCUT2D eigenvalue weighted by Crippen LogP contribution is 2.44. The Morgan fingerprint density at radius 3 is 2.17 bits per heavy atom. The number of thiophene rings is 1. The highest BCUT2D eigenvalue weighted by atomic mass is 32.1. The van der Waals surface area contributed by atoms with Crippen molar-refractivity contribution in [3.05, 3.63) is 127 Å². The van der Waals surface area contributed by atoms with Crippen LogP contribution in [0.15, 0.2) is 127 Å². The second kappa shape index (κ2) is 7.44. The summed E-state index contributed by atoms with van der Waals surface area (Å²) in [5.41, 5.74) is 11.8. The molecule has 2 nitrogen and oxygen atoms in total. The third kappa shape index (κ3) is 2.46. The number of fused-ring (bicyclic) bond motifs is 11. The molecule has 2 aliphatic heterocycles. The van der Waals surface area contributed by atoms with E-state index >= 15 is 0 Å². The van der Waals surface area contributed by atoms with Gasteiger partial charge in [-0.15, -0.1) is 11.3 Å². The molecule has 184 valence electrons. The largest absolute Gasteiger partial charge is 0.311 e. The standard InChI is InChI=1S/C36H21BN2S/c1-2-11-22(12-3-1)38-28-17-8-6-15-26(28)37-34-29(38)18-10-19-30(34)39-27-16-7-4-13-23(27)25-21-32-33(35(37)36(25)39)24-14-5-9-20-31(24)40-32/h1-21H. The van der Waals surface area contributed by atoms with Crippen LogP contribution in [0.1, 0.15) is 0 Å². The molecule has 0 saturated carbocycles. The van der Waals surface area contributed by atoms with Gasteiger partial charge in [-0.05, 0) is 75.7 Å². The van der Waals surface area contributed by atoms with Gasteiger partial charge in [-0.2, -0.15) is 0 Å². The summed E-state index contributed by atoms with van der Waals surface area (Å²) < 4.78 is 5.28. The van der Waals surface area contributed by atoms with Crippen molar-refractivity contribution in [1.29, 1.82) is 0 Å². The molecule has 10 rings (SSSR count). The van der Waals surface area contributed by atoms with Gasteiger partial charge >= 0.3 is 0 Å². The maximum Gasteiger partial charge on any atom is 0.253 e. The molecule has 0 fully saturated rings. The number of nitrogens with zero attached hydrogens (tertiary/aromatic N) is 2. The van der Waals surface area contributed by atoms with Crippen molar-refractivity contribution in [2.45, 2.75) is 0 Å². The van der Waals surface area contributed by atoms with Crippen LogP contribution in [0, 0.1) is 0 Å². The fourth-order valence-corrected chi connectivity index (χ4v) is 8.67. The zero-order valence-corrected chi connectivity index (χ0v) is 22.3. The summed E-state index contributed by atoms with van der Waals surface area (Å²) in [5.74, 6) is 0. The molecule has 0 atom stereocenters. The first kappa shape index (κ1) is 21.1. The Bertz CT molecular complexity index is 2350. The lowest BCUT2D eigenvalue weighted by Gasteiger charge is -2.40. The number of hydrogen-bond acceptors (Lipinski definition) is 2. The predicted molar refractivity (Wildman–Crippen MR) is 173 cm³/mol. The van der Waals surface area contributed by atoms with Crippen molar-refractivity contribution in [3.8, 4) is 5.69 Å². The fraction of sp³-hybridized carbons (Fsp3) is 0. The zero-order chi connectivity index (χ0) is 25.9. The molecular weight excluding hydrogens is 503 g/mol. The number of hydrogen-bond donors (Lipinski definition) is 0. The molecular formula is C36H21BN2S. The molecule has 4 heteroatoms. The van der Waals surface area contributed by atoms with Crippen LogP contribution in [0.2, 0.25) is 0 Å². The van der Waals surface area contributed by atoms with E-state index in [1.165, 1.54) is 81.1 Å². The number of benzene rings is 6. The first-order chi connectivity index (χ1) is 19.9. The molecule has 40 heavy (non-hydrogen) atoms. The Labute approximate surface area is 235 Å². The van der Waals surface area contributed by atoms with Gasteiger partial charge in [0.25, 0.3) is 6.71 Å². The second-order valence-electron chi connectivity index (χ2n) is 10.9. The first-order valence-corrected chi connectivity index (χ1v) is 14.6. The number of aromatic nitrogens is 1. The lowest BCUT2D eigenvalue weighted by molar-refractivity contribution is 1.18. The SMILES string of the molecule is c1ccc(N2c3ccccc3B3c4c2cccc4-n2c4ccccc4c4cc5sc6ccccc6c5c3c42)cc1. The van der Waals surface area contributed by atoms with Crippen LogP contribution in [0.3, 0.4) is 0 Å². The smallest absolute Gasteiger partial charge is 0.253 e. The molecule has 0 bridgehead atoms. The minimum absolute atomic E-state index is 0.142. The van der Waals surface area contributed by atoms with Crippen molar-refractivity contribution < 1.29 is 0 Å². The van der Waals surface area contributed by atoms with Crippen LogP contribution in [0.5, 0.6) is 0 Å². The fourth-order valence-electron chi connectivity index (χ4n) is 7.50. The zero-order valence-electron chi connectivity index (χ0n) is 21.5. The van der Waals surface area contributed by atoms with Crippen molar-refractivity contribution in [1.82, 2.24) is 4.57 Å². The van der Waals surface area contributed by atoms with Crippen molar-refractivity contribution in [2.24, 2.45) is 0 Å². The Balaban J connectivity index is 1.47. The molecule has 0 N–H and O–H groups in total. The topological polar surface area (TPSA) is 8.17 Å². The highest BCUT2D eigenvalue weighted by Gasteiger charge is 2.43. The normalized spacial score (nSPS) is 13.4. The second-order valence-corrected chi connectivity index (χ2v) is 12.0. The molecule has 8 aromatic rings. The summed E-state index contributed by atoms with van der Waals surface area (Å²) in [4.78, 5) is 2.46. The summed E-state index contributed by atoms with van der Waals surface area (Å²) in [5, 5.41) is 5.44. The van der Waals surface area contributed by atoms with E-state index in [0.29, 0.717) is 0 Å². The lowest BCUT2D eigenvalue weighted by atomic mass is 9.33. The number of rotatable bonds is 1. The summed E-state index contributed by atoms with van der Waals surface area (Å²) in [6, 6.07) is 47.1. The molecule has 0 unspecified atom stereocenters. The van der Waals surface area contributed by atoms with Gasteiger partial charge < -0.3 is 9.47 Å². The van der Waals surface area contributed by atoms with E-state index in [2.05, 4.69) is 137 Å². The Morgan fingerprint density at radius 2 is 1.25 bits per heavy atom. The van der Waals surface area contributed by atoms with Crippen molar-refractivity contribution in [2.75, 3.05) is 4.90 Å². The minimum atomic E-state index is 0.142. The number of anilines is 3. The average molecular weight is 524 g/mol. The summed E-state index contributed by atoms with van der Waals surface area (Å²) >= 11 is 1.92. The van der Waals surface area contributed by atoms with Gasteiger partial charge in [0.2, 0.25) is 0 Å². The molecule has 6 aromatic carbocycles. The van der Waals surface area contributed by atoms with Gasteiger partial charge in [-0.1, -0.05) is 78.9 Å². The van der Waals surface area contributed by atoms with Gasteiger partial charge in [-0.3, -0.25) is 0 Å². The van der Waals surface area contributed by atoms with Gasteiger partial charge in [-0.25, -0.2) is 0 Å². The molecule has 0 saturated heterocycles. The van der Waals surface area contributed by atoms with Gasteiger partial charge in [0.1, 0.15) is 0 Å².